The zero-order chi connectivity index (χ0) is 10.6. The monoisotopic (exact) mass is 192 g/mol. The molecule has 0 atom stereocenters. The van der Waals surface area contributed by atoms with Gasteiger partial charge in [-0.25, -0.2) is 0 Å². The Kier molecular flexibility index (Phi) is 3.74. The number of hydrogen-bond donors (Lipinski definition) is 2. The fourth-order valence-corrected chi connectivity index (χ4v) is 1.03. The molecule has 14 heavy (non-hydrogen) atoms. The third-order valence-electron chi connectivity index (χ3n) is 1.67. The lowest BCUT2D eigenvalue weighted by Gasteiger charge is -2.10. The molecule has 3 nitrogen and oxygen atoms in total. The first-order valence-corrected chi connectivity index (χ1v) is 4.33. The molecule has 0 aromatic heterocycles. The zero-order valence-electron chi connectivity index (χ0n) is 8.10. The van der Waals surface area contributed by atoms with Crippen molar-refractivity contribution < 1.29 is 14.8 Å². The first kappa shape index (κ1) is 10.8. The normalized spacial score (nSPS) is 9.64. The first-order valence-electron chi connectivity index (χ1n) is 4.33. The minimum atomic E-state index is -1.50. The Labute approximate surface area is 83.8 Å². The SMILES string of the molecule is C=C(C)COc1ccccc1B(O)O. The van der Waals surface area contributed by atoms with Gasteiger partial charge < -0.3 is 14.8 Å². The maximum atomic E-state index is 9.02. The van der Waals surface area contributed by atoms with Gasteiger partial charge in [0.2, 0.25) is 0 Å². The molecule has 0 radical (unpaired) electrons. The van der Waals surface area contributed by atoms with Gasteiger partial charge in [0.1, 0.15) is 12.4 Å². The van der Waals surface area contributed by atoms with Crippen LogP contribution in [0.25, 0.3) is 0 Å². The Hall–Kier alpha value is -1.26. The summed E-state index contributed by atoms with van der Waals surface area (Å²) in [5.41, 5.74) is 1.25. The van der Waals surface area contributed by atoms with E-state index in [1.165, 1.54) is 0 Å². The number of benzene rings is 1. The lowest BCUT2D eigenvalue weighted by molar-refractivity contribution is 0.352. The molecule has 0 saturated carbocycles. The summed E-state index contributed by atoms with van der Waals surface area (Å²) in [6.07, 6.45) is 0. The molecule has 1 aromatic rings. The predicted molar refractivity (Wildman–Crippen MR) is 56.6 cm³/mol. The first-order chi connectivity index (χ1) is 6.61. The fourth-order valence-electron chi connectivity index (χ4n) is 1.03. The van der Waals surface area contributed by atoms with E-state index in [-0.39, 0.29) is 0 Å². The molecule has 1 aromatic carbocycles. The molecule has 0 amide bonds. The van der Waals surface area contributed by atoms with Crippen molar-refractivity contribution in [3.05, 3.63) is 36.4 Å². The van der Waals surface area contributed by atoms with E-state index in [4.69, 9.17) is 14.8 Å². The summed E-state index contributed by atoms with van der Waals surface area (Å²) in [7, 11) is -1.50. The molecule has 0 heterocycles. The van der Waals surface area contributed by atoms with Crippen LogP contribution in [0.3, 0.4) is 0 Å². The van der Waals surface area contributed by atoms with Crippen LogP contribution in [0, 0.1) is 0 Å². The molecule has 0 aliphatic carbocycles. The Morgan fingerprint density at radius 2 is 2.07 bits per heavy atom. The van der Waals surface area contributed by atoms with Gasteiger partial charge in [0.05, 0.1) is 0 Å². The highest BCUT2D eigenvalue weighted by Gasteiger charge is 2.15. The third-order valence-corrected chi connectivity index (χ3v) is 1.67. The van der Waals surface area contributed by atoms with E-state index in [1.807, 2.05) is 6.92 Å². The second-order valence-corrected chi connectivity index (χ2v) is 3.16. The van der Waals surface area contributed by atoms with Gasteiger partial charge in [-0.1, -0.05) is 24.8 Å². The van der Waals surface area contributed by atoms with Crippen LogP contribution in [-0.4, -0.2) is 23.8 Å². The largest absolute Gasteiger partial charge is 0.492 e. The minimum absolute atomic E-state index is 0.369. The molecular formula is C10H13BO3. The van der Waals surface area contributed by atoms with Crippen LogP contribution in [0.15, 0.2) is 36.4 Å². The molecule has 0 aliphatic heterocycles. The van der Waals surface area contributed by atoms with Crippen molar-refractivity contribution in [3.63, 3.8) is 0 Å². The van der Waals surface area contributed by atoms with Crippen LogP contribution in [0.4, 0.5) is 0 Å². The van der Waals surface area contributed by atoms with Crippen LogP contribution in [0.1, 0.15) is 6.92 Å². The Bertz CT molecular complexity index is 323. The topological polar surface area (TPSA) is 49.7 Å². The maximum Gasteiger partial charge on any atom is 0.492 e. The van der Waals surface area contributed by atoms with E-state index in [1.54, 1.807) is 24.3 Å². The molecule has 0 fully saturated rings. The Morgan fingerprint density at radius 3 is 2.64 bits per heavy atom. The molecule has 0 spiro atoms. The van der Waals surface area contributed by atoms with Crippen molar-refractivity contribution in [2.75, 3.05) is 6.61 Å². The van der Waals surface area contributed by atoms with Gasteiger partial charge in [0, 0.05) is 5.46 Å². The average Bonchev–Trinajstić information content (AvgIpc) is 2.15. The summed E-state index contributed by atoms with van der Waals surface area (Å²) in [6, 6.07) is 6.80. The van der Waals surface area contributed by atoms with Crippen molar-refractivity contribution in [1.82, 2.24) is 0 Å². The molecular weight excluding hydrogens is 179 g/mol. The molecule has 0 aliphatic rings. The van der Waals surface area contributed by atoms with Gasteiger partial charge in [-0.3, -0.25) is 0 Å². The number of ether oxygens (including phenoxy) is 1. The van der Waals surface area contributed by atoms with Gasteiger partial charge in [0.15, 0.2) is 0 Å². The van der Waals surface area contributed by atoms with Gasteiger partial charge in [-0.05, 0) is 18.6 Å². The summed E-state index contributed by atoms with van der Waals surface area (Å²) in [6.45, 7) is 5.92. The molecule has 4 heteroatoms. The van der Waals surface area contributed by atoms with Crippen molar-refractivity contribution in [2.45, 2.75) is 6.92 Å². The summed E-state index contributed by atoms with van der Waals surface area (Å²) >= 11 is 0. The second kappa shape index (κ2) is 4.84. The van der Waals surface area contributed by atoms with Gasteiger partial charge >= 0.3 is 7.12 Å². The third kappa shape index (κ3) is 2.90. The van der Waals surface area contributed by atoms with Gasteiger partial charge in [-0.2, -0.15) is 0 Å². The number of para-hydroxylation sites is 1. The van der Waals surface area contributed by atoms with Crippen molar-refractivity contribution in [2.24, 2.45) is 0 Å². The fraction of sp³-hybridized carbons (Fsp3) is 0.200. The summed E-state index contributed by atoms with van der Waals surface area (Å²) in [4.78, 5) is 0. The van der Waals surface area contributed by atoms with E-state index in [0.29, 0.717) is 17.8 Å². The van der Waals surface area contributed by atoms with Gasteiger partial charge in [-0.15, -0.1) is 0 Å². The number of rotatable bonds is 4. The van der Waals surface area contributed by atoms with E-state index in [9.17, 15) is 0 Å². The number of hydrogen-bond acceptors (Lipinski definition) is 3. The molecule has 0 unspecified atom stereocenters. The second-order valence-electron chi connectivity index (χ2n) is 3.16. The summed E-state index contributed by atoms with van der Waals surface area (Å²) < 4.78 is 5.34. The van der Waals surface area contributed by atoms with Crippen LogP contribution >= 0.6 is 0 Å². The van der Waals surface area contributed by atoms with Crippen LogP contribution in [0.5, 0.6) is 5.75 Å². The standard InChI is InChI=1S/C10H13BO3/c1-8(2)7-14-10-6-4-3-5-9(10)11(12)13/h3-6,12-13H,1,7H2,2H3. The van der Waals surface area contributed by atoms with E-state index in [2.05, 4.69) is 6.58 Å². The highest BCUT2D eigenvalue weighted by atomic mass is 16.5. The highest BCUT2D eigenvalue weighted by molar-refractivity contribution is 6.59. The van der Waals surface area contributed by atoms with Crippen molar-refractivity contribution in [3.8, 4) is 5.75 Å². The molecule has 74 valence electrons. The molecule has 1 rings (SSSR count). The lowest BCUT2D eigenvalue weighted by atomic mass is 9.79. The smallest absolute Gasteiger partial charge is 0.490 e. The average molecular weight is 192 g/mol. The van der Waals surface area contributed by atoms with E-state index in [0.717, 1.165) is 5.57 Å². The van der Waals surface area contributed by atoms with Crippen LogP contribution < -0.4 is 10.2 Å². The lowest BCUT2D eigenvalue weighted by Crippen LogP contribution is -2.31. The maximum absolute atomic E-state index is 9.02. The van der Waals surface area contributed by atoms with E-state index >= 15 is 0 Å². The molecule has 0 bridgehead atoms. The Balaban J connectivity index is 2.79. The predicted octanol–water partition coefficient (Wildman–Crippen LogP) is 0.321. The summed E-state index contributed by atoms with van der Waals surface area (Å²) in [5, 5.41) is 18.0. The summed E-state index contributed by atoms with van der Waals surface area (Å²) in [5.74, 6) is 0.477. The Morgan fingerprint density at radius 1 is 1.43 bits per heavy atom. The molecule has 2 N–H and O–H groups in total. The molecule has 0 saturated heterocycles. The quantitative estimate of drug-likeness (QED) is 0.533. The van der Waals surface area contributed by atoms with Crippen molar-refractivity contribution >= 4 is 12.6 Å². The van der Waals surface area contributed by atoms with E-state index < -0.39 is 7.12 Å². The van der Waals surface area contributed by atoms with Gasteiger partial charge in [0.25, 0.3) is 0 Å². The minimum Gasteiger partial charge on any atom is -0.490 e. The van der Waals surface area contributed by atoms with Crippen LogP contribution in [0.2, 0.25) is 0 Å². The van der Waals surface area contributed by atoms with Crippen LogP contribution in [-0.2, 0) is 0 Å². The zero-order valence-corrected chi connectivity index (χ0v) is 8.10. The highest BCUT2D eigenvalue weighted by Crippen LogP contribution is 2.07. The van der Waals surface area contributed by atoms with Crippen molar-refractivity contribution in [1.29, 1.82) is 0 Å².